The Hall–Kier alpha value is -17.8. The van der Waals surface area contributed by atoms with Crippen molar-refractivity contribution in [2.24, 2.45) is 0 Å². The third kappa shape index (κ3) is 17.0. The average molecular weight is 1970 g/mol. The summed E-state index contributed by atoms with van der Waals surface area (Å²) >= 11 is 2.92. The molecule has 12 heterocycles. The number of imidazole rings is 1. The van der Waals surface area contributed by atoms with Crippen LogP contribution in [0.25, 0.3) is 61.1 Å². The van der Waals surface area contributed by atoms with Crippen LogP contribution in [0.15, 0.2) is 277 Å². The van der Waals surface area contributed by atoms with Crippen LogP contribution in [0.3, 0.4) is 0 Å². The van der Waals surface area contributed by atoms with Gasteiger partial charge in [0.25, 0.3) is 47.3 Å². The van der Waals surface area contributed by atoms with E-state index < -0.39 is 99.2 Å². The van der Waals surface area contributed by atoms with E-state index in [0.29, 0.717) is 68.3 Å². The van der Waals surface area contributed by atoms with E-state index in [1.807, 2.05) is 145 Å². The number of fused-ring (bicyclic) bond motifs is 7. The molecule has 4 fully saturated rings. The number of carbonyl (C=O) groups is 14. The molecule has 10 aliphatic heterocycles. The summed E-state index contributed by atoms with van der Waals surface area (Å²) in [5.74, 6) is -3.93. The molecule has 4 atom stereocenters. The molecule has 0 spiro atoms. The first-order valence-corrected chi connectivity index (χ1v) is 47.3. The predicted molar refractivity (Wildman–Crippen MR) is 522 cm³/mol. The number of methoxy groups -OCH3 is 1. The molecule has 0 bridgehead atoms. The van der Waals surface area contributed by atoms with Gasteiger partial charge in [-0.2, -0.15) is 5.10 Å². The topological polar surface area (TPSA) is 428 Å². The van der Waals surface area contributed by atoms with E-state index in [1.54, 1.807) is 97.5 Å². The van der Waals surface area contributed by atoms with Crippen LogP contribution in [0.5, 0.6) is 5.75 Å². The normalized spacial score (nSPS) is 19.7. The standard InChI is InChI=1S/C27H20FN5O3.C27H23N5O4.2C26H19FN4O4S/c28-21-8-3-19-14-33(24(34)23(19)13-21)15-27(25(35)30-26(36)31-27)20-6-1-17(2-7-20)18-4-9-22(10-5-18)32-12-11-29-16-32;1-15-9-18(10-19-12-28-31-23(15)19)16-3-6-20(7-4-16)27(25(34)29-26(35)30-27)14-32-13-17-5-8-21(36-2)11-22(17)24(32)33;2*27-17-9-6-15-11-31(23(33)19(15)10-17)13-26(24(34)29-25(35)30-26)16-7-4-14(5-8-16)18-2-1-3-20-22(18)36-12-21(32)28-20/h1-13,16H,14-15H2,(H2,30,31,35,36);3-12H,13-14H2,1-2H3,(H,28,31)(H2,29,30,34,35);2*1-10H,11-13H2,(H,28,32)(H2,29,30,34,35)/t;27-;2*26-/m.010/s1. The van der Waals surface area contributed by atoms with Gasteiger partial charge in [0, 0.05) is 81.7 Å². The second-order valence-corrected chi connectivity index (χ2v) is 37.8. The molecule has 0 saturated carbocycles. The average Bonchev–Trinajstić information content (AvgIpc) is 1.64. The lowest BCUT2D eigenvalue weighted by Gasteiger charge is -2.31. The van der Waals surface area contributed by atoms with Gasteiger partial charge in [-0.15, -0.1) is 23.5 Å². The molecule has 1 unspecified atom stereocenters. The Morgan fingerprint density at radius 1 is 0.368 bits per heavy atom. The minimum Gasteiger partial charge on any atom is -0.497 e. The minimum atomic E-state index is -1.50. The lowest BCUT2D eigenvalue weighted by Crippen LogP contribution is -2.52. The van der Waals surface area contributed by atoms with E-state index in [9.17, 15) is 80.3 Å². The van der Waals surface area contributed by atoms with Crippen LogP contribution < -0.4 is 57.9 Å². The minimum absolute atomic E-state index is 0.000163. The molecule has 718 valence electrons. The Labute approximate surface area is 824 Å². The number of ether oxygens (including phenoxy) is 1. The number of halogens is 3. The van der Waals surface area contributed by atoms with E-state index in [2.05, 4.69) is 80.5 Å². The summed E-state index contributed by atoms with van der Waals surface area (Å²) in [6.07, 6.45) is 7.09. The number of hydrogen-bond acceptors (Lipinski definition) is 19. The van der Waals surface area contributed by atoms with Crippen molar-refractivity contribution in [3.05, 3.63) is 357 Å². The van der Waals surface area contributed by atoms with Crippen molar-refractivity contribution in [1.29, 1.82) is 0 Å². The van der Waals surface area contributed by atoms with Gasteiger partial charge in [-0.05, 0) is 186 Å². The number of nitrogens with zero attached hydrogens (tertiary/aromatic N) is 7. The van der Waals surface area contributed by atoms with Gasteiger partial charge in [0.1, 0.15) is 23.2 Å². The molecule has 38 heteroatoms. The highest BCUT2D eigenvalue weighted by Crippen LogP contribution is 2.46. The number of H-pyrrole nitrogens is 1. The summed E-state index contributed by atoms with van der Waals surface area (Å²) in [7, 11) is 1.55. The molecular weight excluding hydrogens is 1890 g/mol. The Morgan fingerprint density at radius 2 is 0.715 bits per heavy atom. The second-order valence-electron chi connectivity index (χ2n) is 35.8. The number of imide groups is 4. The summed E-state index contributed by atoms with van der Waals surface area (Å²) in [6.45, 7) is 2.69. The SMILES string of the molecule is COc1ccc2c(c1)C(=O)N(C[C@@]1(c3ccc(-c4cc(C)c5[nH]ncc5c4)cc3)NC(=O)NC1=O)C2.O=C1CSc2c(cccc2-c2ccc([C@@]3(CN4Cc5ccc(F)cc5C4=O)NC(=O)NC3=O)cc2)N1.O=C1CSc2c(cccc2-c2ccc([C@]3(CN4Cc5ccc(F)cc5C4=O)NC(=O)NC3=O)cc2)N1.O=C1NC(=O)C(CN2Cc3ccc(F)cc3C2=O)(c2ccc(-c3ccc(-n4ccnc4)cc3)cc2)N1. The van der Waals surface area contributed by atoms with Gasteiger partial charge in [0.15, 0.2) is 22.2 Å². The van der Waals surface area contributed by atoms with E-state index in [4.69, 9.17) is 4.74 Å². The molecule has 0 aliphatic carbocycles. The Kier molecular flexibility index (Phi) is 23.6. The second kappa shape index (κ2) is 36.8. The van der Waals surface area contributed by atoms with Crippen molar-refractivity contribution in [1.82, 2.24) is 81.9 Å². The predicted octanol–water partition coefficient (Wildman–Crippen LogP) is 13.1. The van der Waals surface area contributed by atoms with E-state index in [1.165, 1.54) is 74.6 Å². The van der Waals surface area contributed by atoms with Gasteiger partial charge in [0.05, 0.1) is 74.2 Å². The highest BCUT2D eigenvalue weighted by atomic mass is 32.2. The first kappa shape index (κ1) is 92.5. The van der Waals surface area contributed by atoms with Crippen LogP contribution in [0.2, 0.25) is 0 Å². The van der Waals surface area contributed by atoms with Gasteiger partial charge >= 0.3 is 24.1 Å². The van der Waals surface area contributed by atoms with Crippen molar-refractivity contribution < 1.29 is 85.0 Å². The van der Waals surface area contributed by atoms with Crippen LogP contribution >= 0.6 is 23.5 Å². The molecule has 33 nitrogen and oxygen atoms in total. The molecule has 0 radical (unpaired) electrons. The molecule has 18 amide bonds. The van der Waals surface area contributed by atoms with Gasteiger partial charge in [-0.3, -0.25) is 74.3 Å². The molecule has 2 aromatic heterocycles. The quantitative estimate of drug-likeness (QED) is 0.0355. The van der Waals surface area contributed by atoms with Crippen LogP contribution in [-0.2, 0) is 77.1 Å². The number of rotatable bonds is 18. The molecule has 24 rings (SSSR count). The number of thioether (sulfide) groups is 2. The molecule has 4 saturated heterocycles. The fraction of sp³-hybridized carbons (Fsp3) is 0.151. The molecule has 10 aliphatic rings. The molecule has 14 aromatic rings. The van der Waals surface area contributed by atoms with Crippen LogP contribution in [0.4, 0.5) is 43.7 Å². The van der Waals surface area contributed by atoms with Crippen LogP contribution in [0.1, 0.15) is 91.5 Å². The fourth-order valence-corrected chi connectivity index (χ4v) is 21.7. The van der Waals surface area contributed by atoms with Crippen molar-refractivity contribution in [3.63, 3.8) is 0 Å². The number of amides is 18. The van der Waals surface area contributed by atoms with Crippen LogP contribution in [-0.4, -0.2) is 167 Å². The molecule has 144 heavy (non-hydrogen) atoms. The summed E-state index contributed by atoms with van der Waals surface area (Å²) in [6, 6.07) is 67.5. The number of aromatic nitrogens is 4. The summed E-state index contributed by atoms with van der Waals surface area (Å²) in [4.78, 5) is 189. The van der Waals surface area contributed by atoms with Gasteiger partial charge in [0.2, 0.25) is 11.8 Å². The van der Waals surface area contributed by atoms with Crippen molar-refractivity contribution in [3.8, 4) is 55.9 Å². The maximum Gasteiger partial charge on any atom is 0.322 e. The number of aromatic amines is 1. The summed E-state index contributed by atoms with van der Waals surface area (Å²) in [5.41, 5.74) is 12.5. The zero-order valence-electron chi connectivity index (χ0n) is 76.2. The number of benzene rings is 12. The maximum absolute atomic E-state index is 13.7. The van der Waals surface area contributed by atoms with Gasteiger partial charge in [-0.1, -0.05) is 158 Å². The van der Waals surface area contributed by atoms with Crippen molar-refractivity contribution >= 4 is 129 Å². The van der Waals surface area contributed by atoms with E-state index in [-0.39, 0.29) is 86.1 Å². The number of anilines is 2. The highest BCUT2D eigenvalue weighted by molar-refractivity contribution is 8.00. The van der Waals surface area contributed by atoms with Gasteiger partial charge in [-0.25, -0.2) is 37.3 Å². The van der Waals surface area contributed by atoms with Crippen molar-refractivity contribution in [2.75, 3.05) is 55.4 Å². The number of hydrogen-bond donors (Lipinski definition) is 11. The Balaban J connectivity index is 0.000000113. The third-order valence-corrected chi connectivity index (χ3v) is 29.3. The lowest BCUT2D eigenvalue weighted by molar-refractivity contribution is -0.125. The highest BCUT2D eigenvalue weighted by Gasteiger charge is 2.55. The fourth-order valence-electron chi connectivity index (χ4n) is 19.8. The first-order chi connectivity index (χ1) is 69.5. The number of nitrogens with one attached hydrogen (secondary N) is 11. The third-order valence-electron chi connectivity index (χ3n) is 27.0. The number of urea groups is 4. The molecule has 12 aromatic carbocycles. The Morgan fingerprint density at radius 3 is 1.06 bits per heavy atom. The van der Waals surface area contributed by atoms with Crippen molar-refractivity contribution in [2.45, 2.75) is 65.0 Å². The largest absolute Gasteiger partial charge is 0.497 e. The summed E-state index contributed by atoms with van der Waals surface area (Å²) in [5, 5.41) is 34.0. The Bertz CT molecular complexity index is 7610. The van der Waals surface area contributed by atoms with Gasteiger partial charge < -0.3 is 60.8 Å². The monoisotopic (exact) mass is 1970 g/mol. The number of carbonyl (C=O) groups excluding carboxylic acids is 14. The summed E-state index contributed by atoms with van der Waals surface area (Å²) < 4.78 is 48.3. The van der Waals surface area contributed by atoms with Crippen LogP contribution in [0, 0.1) is 24.4 Å². The lowest BCUT2D eigenvalue weighted by atomic mass is 9.87. The molecular formula is C106H81F3N18O15S2. The zero-order valence-corrected chi connectivity index (χ0v) is 77.8. The smallest absolute Gasteiger partial charge is 0.322 e. The van der Waals surface area contributed by atoms with E-state index >= 15 is 0 Å². The maximum atomic E-state index is 13.7. The zero-order chi connectivity index (χ0) is 99.9. The van der Waals surface area contributed by atoms with E-state index in [0.717, 1.165) is 93.4 Å². The first-order valence-electron chi connectivity index (χ1n) is 45.3. The number of aryl methyl sites for hydroxylation is 1. The molecule has 11 N–H and O–H groups in total.